The maximum Gasteiger partial charge on any atom is 0.418 e. The Morgan fingerprint density at radius 2 is 1.68 bits per heavy atom. The highest BCUT2D eigenvalue weighted by Crippen LogP contribution is 2.38. The second-order valence-corrected chi connectivity index (χ2v) is 10.2. The van der Waals surface area contributed by atoms with E-state index in [9.17, 15) is 18.0 Å². The lowest BCUT2D eigenvalue weighted by atomic mass is 9.92. The second-order valence-electron chi connectivity index (χ2n) is 9.41. The molecule has 0 radical (unpaired) electrons. The molecule has 1 heterocycles. The van der Waals surface area contributed by atoms with Crippen LogP contribution in [0.3, 0.4) is 0 Å². The number of rotatable bonds is 7. The number of hydrogen-bond donors (Lipinski definition) is 3. The summed E-state index contributed by atoms with van der Waals surface area (Å²) in [5.41, 5.74) is -0.702. The third-order valence-corrected chi connectivity index (χ3v) is 7.64. The minimum Gasteiger partial charge on any atom is -0.382 e. The van der Waals surface area contributed by atoms with Crippen LogP contribution in [0.2, 0.25) is 10.0 Å². The van der Waals surface area contributed by atoms with Crippen LogP contribution in [0.5, 0.6) is 0 Å². The van der Waals surface area contributed by atoms with E-state index < -0.39 is 22.7 Å². The number of hydrogen-bond acceptors (Lipinski definition) is 7. The van der Waals surface area contributed by atoms with Gasteiger partial charge in [-0.3, -0.25) is 15.2 Å². The summed E-state index contributed by atoms with van der Waals surface area (Å²) in [5, 5.41) is 21.7. The lowest BCUT2D eigenvalue weighted by molar-refractivity contribution is -0.139. The van der Waals surface area contributed by atoms with Crippen molar-refractivity contribution in [1.82, 2.24) is 4.90 Å². The fourth-order valence-electron chi connectivity index (χ4n) is 4.81. The number of benzene rings is 2. The van der Waals surface area contributed by atoms with Crippen LogP contribution in [-0.4, -0.2) is 66.2 Å². The highest BCUT2D eigenvalue weighted by molar-refractivity contribution is 6.42. The summed E-state index contributed by atoms with van der Waals surface area (Å²) >= 11 is 12.1. The average Bonchev–Trinajstić information content (AvgIpc) is 2.89. The monoisotopic (exact) mass is 576 g/mol. The third-order valence-electron chi connectivity index (χ3n) is 6.91. The van der Waals surface area contributed by atoms with Crippen LogP contribution in [0.15, 0.2) is 36.4 Å². The van der Waals surface area contributed by atoms with E-state index in [1.807, 2.05) is 12.1 Å². The van der Waals surface area contributed by atoms with Crippen LogP contribution in [0, 0.1) is 0 Å². The van der Waals surface area contributed by atoms with Gasteiger partial charge in [0.1, 0.15) is 12.3 Å². The normalized spacial score (nSPS) is 20.4. The van der Waals surface area contributed by atoms with Gasteiger partial charge in [0.05, 0.1) is 21.7 Å². The lowest BCUT2D eigenvalue weighted by Gasteiger charge is -2.36. The number of ether oxygens (including phenoxy) is 1. The number of nitrogens with one attached hydrogen (secondary N) is 1. The first-order valence-corrected chi connectivity index (χ1v) is 13.0. The van der Waals surface area contributed by atoms with Crippen LogP contribution in [0.25, 0.3) is 0 Å². The van der Waals surface area contributed by atoms with E-state index in [0.717, 1.165) is 17.8 Å². The summed E-state index contributed by atoms with van der Waals surface area (Å²) in [5.74, 6) is -0.0689. The van der Waals surface area contributed by atoms with Crippen molar-refractivity contribution in [2.45, 2.75) is 44.0 Å². The standard InChI is InChI=1S/C25H29Cl2F3N4O4/c26-21-7-4-18(14-22(21)27)32-9-11-33(12-10-32)24(35)15-38-19-5-1-16(2-6-19)31-17-3-8-23(34(36)37)20(13-17)25(28,29)30/h3-4,7-8,13-14,16,19,31,36-37H,1-2,5-6,9-12,15H2. The smallest absolute Gasteiger partial charge is 0.382 e. The zero-order valence-electron chi connectivity index (χ0n) is 20.4. The van der Waals surface area contributed by atoms with Gasteiger partial charge in [-0.2, -0.15) is 13.2 Å². The summed E-state index contributed by atoms with van der Waals surface area (Å²) in [4.78, 5) is 16.6. The van der Waals surface area contributed by atoms with Crippen LogP contribution >= 0.6 is 23.2 Å². The SMILES string of the molecule is O=C(COC1CCC(Nc2ccc(N(O)O)c(C(F)(F)F)c2)CC1)N1CCN(c2ccc(Cl)c(Cl)c2)CC1. The number of piperazine rings is 1. The summed E-state index contributed by atoms with van der Waals surface area (Å²) in [6, 6.07) is 8.64. The summed E-state index contributed by atoms with van der Waals surface area (Å²) in [6.45, 7) is 2.48. The van der Waals surface area contributed by atoms with Crippen molar-refractivity contribution in [3.05, 3.63) is 52.0 Å². The Bertz CT molecular complexity index is 1120. The molecule has 1 amide bonds. The molecule has 1 aliphatic carbocycles. The number of nitrogens with zero attached hydrogens (tertiary/aromatic N) is 3. The molecule has 0 aromatic heterocycles. The van der Waals surface area contributed by atoms with E-state index in [4.69, 9.17) is 38.4 Å². The van der Waals surface area contributed by atoms with E-state index in [-0.39, 0.29) is 30.3 Å². The van der Waals surface area contributed by atoms with E-state index in [1.165, 1.54) is 6.07 Å². The summed E-state index contributed by atoms with van der Waals surface area (Å²) in [6.07, 6.45) is -2.18. The van der Waals surface area contributed by atoms with Gasteiger partial charge in [0.2, 0.25) is 5.91 Å². The molecule has 0 bridgehead atoms. The van der Waals surface area contributed by atoms with Gasteiger partial charge in [-0.15, -0.1) is 5.23 Å². The lowest BCUT2D eigenvalue weighted by Crippen LogP contribution is -2.50. The van der Waals surface area contributed by atoms with Crippen molar-refractivity contribution in [2.75, 3.05) is 48.2 Å². The Hall–Kier alpha value is -2.44. The molecule has 2 aromatic carbocycles. The van der Waals surface area contributed by atoms with Gasteiger partial charge in [0, 0.05) is 43.6 Å². The number of carbonyl (C=O) groups excluding carboxylic acids is 1. The minimum absolute atomic E-state index is 0.00917. The van der Waals surface area contributed by atoms with Gasteiger partial charge >= 0.3 is 6.18 Å². The van der Waals surface area contributed by atoms with Gasteiger partial charge in [-0.25, -0.2) is 0 Å². The molecular formula is C25H29Cl2F3N4O4. The Balaban J connectivity index is 1.20. The number of carbonyl (C=O) groups is 1. The van der Waals surface area contributed by atoms with Crippen molar-refractivity contribution in [1.29, 1.82) is 0 Å². The second kappa shape index (κ2) is 12.2. The zero-order valence-corrected chi connectivity index (χ0v) is 21.9. The summed E-state index contributed by atoms with van der Waals surface area (Å²) in [7, 11) is 0. The highest BCUT2D eigenvalue weighted by Gasteiger charge is 2.35. The molecule has 1 aliphatic heterocycles. The molecule has 2 aromatic rings. The van der Waals surface area contributed by atoms with Gasteiger partial charge in [0.15, 0.2) is 0 Å². The highest BCUT2D eigenvalue weighted by atomic mass is 35.5. The molecule has 8 nitrogen and oxygen atoms in total. The van der Waals surface area contributed by atoms with E-state index in [1.54, 1.807) is 11.0 Å². The number of amides is 1. The Morgan fingerprint density at radius 3 is 2.29 bits per heavy atom. The molecule has 4 rings (SSSR count). The fraction of sp³-hybridized carbons (Fsp3) is 0.480. The molecule has 2 fully saturated rings. The van der Waals surface area contributed by atoms with Crippen LogP contribution < -0.4 is 15.4 Å². The van der Waals surface area contributed by atoms with Crippen molar-refractivity contribution in [3.63, 3.8) is 0 Å². The first kappa shape index (κ1) is 28.6. The first-order chi connectivity index (χ1) is 18.0. The molecule has 0 atom stereocenters. The largest absolute Gasteiger partial charge is 0.418 e. The molecule has 1 saturated heterocycles. The third kappa shape index (κ3) is 7.15. The maximum absolute atomic E-state index is 13.3. The molecule has 208 valence electrons. The summed E-state index contributed by atoms with van der Waals surface area (Å²) < 4.78 is 45.7. The molecule has 0 unspecified atom stereocenters. The predicted octanol–water partition coefficient (Wildman–Crippen LogP) is 5.69. The topological polar surface area (TPSA) is 88.5 Å². The van der Waals surface area contributed by atoms with Crippen molar-refractivity contribution >= 4 is 46.2 Å². The Labute approximate surface area is 228 Å². The minimum atomic E-state index is -4.75. The van der Waals surface area contributed by atoms with E-state index >= 15 is 0 Å². The van der Waals surface area contributed by atoms with Crippen LogP contribution in [-0.2, 0) is 15.7 Å². The average molecular weight is 577 g/mol. The molecule has 3 N–H and O–H groups in total. The number of alkyl halides is 3. The predicted molar refractivity (Wildman–Crippen MR) is 138 cm³/mol. The van der Waals surface area contributed by atoms with Gasteiger partial charge < -0.3 is 19.9 Å². The molecule has 0 spiro atoms. The first-order valence-electron chi connectivity index (χ1n) is 12.3. The molecule has 38 heavy (non-hydrogen) atoms. The molecule has 1 saturated carbocycles. The molecule has 2 aliphatic rings. The zero-order chi connectivity index (χ0) is 27.4. The van der Waals surface area contributed by atoms with Crippen molar-refractivity contribution in [3.8, 4) is 0 Å². The van der Waals surface area contributed by atoms with Crippen LogP contribution in [0.4, 0.5) is 30.2 Å². The fourth-order valence-corrected chi connectivity index (χ4v) is 5.11. The van der Waals surface area contributed by atoms with E-state index in [0.29, 0.717) is 61.9 Å². The quantitative estimate of drug-likeness (QED) is 0.365. The Morgan fingerprint density at radius 1 is 1.00 bits per heavy atom. The Kier molecular flexibility index (Phi) is 9.15. The van der Waals surface area contributed by atoms with Crippen molar-refractivity contribution in [2.24, 2.45) is 0 Å². The van der Waals surface area contributed by atoms with Gasteiger partial charge in [0.25, 0.3) is 0 Å². The van der Waals surface area contributed by atoms with Crippen molar-refractivity contribution < 1.29 is 33.1 Å². The molecular weight excluding hydrogens is 548 g/mol. The maximum atomic E-state index is 13.3. The van der Waals surface area contributed by atoms with Gasteiger partial charge in [-0.05, 0) is 62.1 Å². The molecule has 13 heteroatoms. The van der Waals surface area contributed by atoms with E-state index in [2.05, 4.69) is 10.2 Å². The van der Waals surface area contributed by atoms with Crippen LogP contribution in [0.1, 0.15) is 31.2 Å². The number of halogens is 5. The van der Waals surface area contributed by atoms with Gasteiger partial charge in [-0.1, -0.05) is 23.2 Å². The number of anilines is 3.